The molecule has 1 N–H and O–H groups in total. The number of hydrogen-bond acceptors (Lipinski definition) is 2. The summed E-state index contributed by atoms with van der Waals surface area (Å²) >= 11 is 0. The van der Waals surface area contributed by atoms with Gasteiger partial charge in [0.1, 0.15) is 12.4 Å². The average Bonchev–Trinajstić information content (AvgIpc) is 2.52. The number of amides is 1. The zero-order chi connectivity index (χ0) is 16.4. The van der Waals surface area contributed by atoms with Crippen LogP contribution in [0.15, 0.2) is 59.5 Å². The lowest BCUT2D eigenvalue weighted by Gasteiger charge is -2.11. The fourth-order valence-electron chi connectivity index (χ4n) is 2.41. The molecule has 1 amide bonds. The molecule has 1 aromatic heterocycles. The topological polar surface area (TPSA) is 51.1 Å². The number of anilines is 1. The van der Waals surface area contributed by atoms with E-state index in [0.717, 1.165) is 5.56 Å². The second-order valence-electron chi connectivity index (χ2n) is 5.38. The van der Waals surface area contributed by atoms with E-state index in [1.807, 2.05) is 31.2 Å². The molecule has 0 radical (unpaired) electrons. The van der Waals surface area contributed by atoms with Crippen molar-refractivity contribution in [3.8, 4) is 0 Å². The lowest BCUT2D eigenvalue weighted by Crippen LogP contribution is -2.20. The van der Waals surface area contributed by atoms with Gasteiger partial charge >= 0.3 is 0 Å². The number of aryl methyl sites for hydroxylation is 1. The van der Waals surface area contributed by atoms with Gasteiger partial charge in [0.15, 0.2) is 5.43 Å². The smallest absolute Gasteiger partial charge is 0.244 e. The summed E-state index contributed by atoms with van der Waals surface area (Å²) in [6.45, 7) is 2.01. The van der Waals surface area contributed by atoms with E-state index >= 15 is 0 Å². The number of carbonyl (C=O) groups excluding carboxylic acids is 1. The summed E-state index contributed by atoms with van der Waals surface area (Å²) in [7, 11) is 0. The highest BCUT2D eigenvalue weighted by molar-refractivity contribution is 5.91. The maximum Gasteiger partial charge on any atom is 0.244 e. The monoisotopic (exact) mass is 310 g/mol. The molecular weight excluding hydrogens is 295 g/mol. The van der Waals surface area contributed by atoms with Gasteiger partial charge in [-0.15, -0.1) is 0 Å². The highest BCUT2D eigenvalue weighted by Crippen LogP contribution is 2.13. The standard InChI is InChI=1S/C18H15FN2O2/c1-12-2-5-14(6-3-12)20-18(23)11-21-9-8-17(22)15-10-13(19)4-7-16(15)21/h2-10H,11H2,1H3,(H,20,23). The molecule has 0 bridgehead atoms. The van der Waals surface area contributed by atoms with Gasteiger partial charge in [0.2, 0.25) is 5.91 Å². The quantitative estimate of drug-likeness (QED) is 0.808. The largest absolute Gasteiger partial charge is 0.338 e. The van der Waals surface area contributed by atoms with Gasteiger partial charge in [-0.25, -0.2) is 4.39 Å². The summed E-state index contributed by atoms with van der Waals surface area (Å²) in [5, 5.41) is 3.06. The fraction of sp³-hybridized carbons (Fsp3) is 0.111. The van der Waals surface area contributed by atoms with Crippen molar-refractivity contribution in [2.45, 2.75) is 13.5 Å². The molecule has 23 heavy (non-hydrogen) atoms. The van der Waals surface area contributed by atoms with Crippen molar-refractivity contribution in [1.29, 1.82) is 0 Å². The van der Waals surface area contributed by atoms with Gasteiger partial charge in [-0.3, -0.25) is 9.59 Å². The van der Waals surface area contributed by atoms with E-state index in [-0.39, 0.29) is 23.3 Å². The van der Waals surface area contributed by atoms with Crippen molar-refractivity contribution in [2.75, 3.05) is 5.32 Å². The van der Waals surface area contributed by atoms with Crippen LogP contribution < -0.4 is 10.7 Å². The molecule has 0 aliphatic carbocycles. The number of fused-ring (bicyclic) bond motifs is 1. The summed E-state index contributed by atoms with van der Waals surface area (Å²) in [5.41, 5.74) is 2.07. The molecule has 0 aliphatic rings. The van der Waals surface area contributed by atoms with Crippen LogP contribution >= 0.6 is 0 Å². The van der Waals surface area contributed by atoms with Gasteiger partial charge in [0, 0.05) is 23.3 Å². The van der Waals surface area contributed by atoms with Crippen molar-refractivity contribution in [3.05, 3.63) is 76.3 Å². The van der Waals surface area contributed by atoms with E-state index < -0.39 is 5.82 Å². The molecule has 0 spiro atoms. The lowest BCUT2D eigenvalue weighted by atomic mass is 10.2. The molecule has 0 aliphatic heterocycles. The van der Waals surface area contributed by atoms with E-state index in [1.54, 1.807) is 4.57 Å². The first-order chi connectivity index (χ1) is 11.0. The minimum absolute atomic E-state index is 0.0380. The minimum Gasteiger partial charge on any atom is -0.338 e. The van der Waals surface area contributed by atoms with Crippen LogP contribution in [0.1, 0.15) is 5.56 Å². The number of carbonyl (C=O) groups is 1. The predicted octanol–water partition coefficient (Wildman–Crippen LogP) is 3.09. The molecule has 4 nitrogen and oxygen atoms in total. The number of hydrogen-bond donors (Lipinski definition) is 1. The van der Waals surface area contributed by atoms with Crippen LogP contribution in [0.5, 0.6) is 0 Å². The SMILES string of the molecule is Cc1ccc(NC(=O)Cn2ccc(=O)c3cc(F)ccc32)cc1. The molecule has 0 saturated heterocycles. The van der Waals surface area contributed by atoms with Crippen LogP contribution in [-0.4, -0.2) is 10.5 Å². The Bertz CT molecular complexity index is 930. The predicted molar refractivity (Wildman–Crippen MR) is 88.0 cm³/mol. The molecule has 0 saturated carbocycles. The fourth-order valence-corrected chi connectivity index (χ4v) is 2.41. The van der Waals surface area contributed by atoms with E-state index in [1.165, 1.54) is 30.5 Å². The normalized spacial score (nSPS) is 10.7. The second kappa shape index (κ2) is 6.04. The summed E-state index contributed by atoms with van der Waals surface area (Å²) in [6, 6.07) is 12.8. The van der Waals surface area contributed by atoms with E-state index in [9.17, 15) is 14.0 Å². The zero-order valence-electron chi connectivity index (χ0n) is 12.5. The molecule has 0 unspecified atom stereocenters. The lowest BCUT2D eigenvalue weighted by molar-refractivity contribution is -0.116. The number of benzene rings is 2. The Morgan fingerprint density at radius 3 is 2.61 bits per heavy atom. The van der Waals surface area contributed by atoms with Crippen molar-refractivity contribution in [2.24, 2.45) is 0 Å². The van der Waals surface area contributed by atoms with Crippen molar-refractivity contribution >= 4 is 22.5 Å². The Kier molecular flexibility index (Phi) is 3.93. The van der Waals surface area contributed by atoms with Gasteiger partial charge < -0.3 is 9.88 Å². The Labute approximate surface area is 132 Å². The number of nitrogens with one attached hydrogen (secondary N) is 1. The van der Waals surface area contributed by atoms with Crippen molar-refractivity contribution in [3.63, 3.8) is 0 Å². The van der Waals surface area contributed by atoms with Gasteiger partial charge in [-0.05, 0) is 37.3 Å². The zero-order valence-corrected chi connectivity index (χ0v) is 12.5. The number of rotatable bonds is 3. The van der Waals surface area contributed by atoms with Crippen LogP contribution in [0.3, 0.4) is 0 Å². The van der Waals surface area contributed by atoms with E-state index in [4.69, 9.17) is 0 Å². The van der Waals surface area contributed by atoms with Crippen LogP contribution in [0.4, 0.5) is 10.1 Å². The molecule has 3 rings (SSSR count). The number of halogens is 1. The van der Waals surface area contributed by atoms with E-state index in [0.29, 0.717) is 11.2 Å². The molecular formula is C18H15FN2O2. The third-order valence-electron chi connectivity index (χ3n) is 3.59. The second-order valence-corrected chi connectivity index (χ2v) is 5.38. The Morgan fingerprint density at radius 1 is 1.13 bits per heavy atom. The van der Waals surface area contributed by atoms with Gasteiger partial charge in [-0.2, -0.15) is 0 Å². The molecule has 0 fully saturated rings. The number of nitrogens with zero attached hydrogens (tertiary/aromatic N) is 1. The molecule has 1 heterocycles. The van der Waals surface area contributed by atoms with Gasteiger partial charge in [-0.1, -0.05) is 17.7 Å². The third-order valence-corrected chi connectivity index (χ3v) is 3.59. The summed E-state index contributed by atoms with van der Waals surface area (Å²) in [6.07, 6.45) is 1.54. The molecule has 5 heteroatoms. The summed E-state index contributed by atoms with van der Waals surface area (Å²) in [4.78, 5) is 24.0. The maximum absolute atomic E-state index is 13.3. The Hall–Kier alpha value is -2.95. The van der Waals surface area contributed by atoms with Crippen molar-refractivity contribution < 1.29 is 9.18 Å². The van der Waals surface area contributed by atoms with Crippen LogP contribution in [0.25, 0.3) is 10.9 Å². The molecule has 0 atom stereocenters. The third kappa shape index (κ3) is 3.29. The molecule has 3 aromatic rings. The highest BCUT2D eigenvalue weighted by Gasteiger charge is 2.08. The maximum atomic E-state index is 13.3. The number of pyridine rings is 1. The Morgan fingerprint density at radius 2 is 1.87 bits per heavy atom. The first-order valence-electron chi connectivity index (χ1n) is 7.18. The van der Waals surface area contributed by atoms with Gasteiger partial charge in [0.05, 0.1) is 5.52 Å². The number of aromatic nitrogens is 1. The van der Waals surface area contributed by atoms with E-state index in [2.05, 4.69) is 5.32 Å². The summed E-state index contributed by atoms with van der Waals surface area (Å²) < 4.78 is 14.9. The minimum atomic E-state index is -0.476. The van der Waals surface area contributed by atoms with Crippen LogP contribution in [0.2, 0.25) is 0 Å². The Balaban J connectivity index is 1.86. The van der Waals surface area contributed by atoms with Crippen molar-refractivity contribution in [1.82, 2.24) is 4.57 Å². The van der Waals surface area contributed by atoms with Gasteiger partial charge in [0.25, 0.3) is 0 Å². The highest BCUT2D eigenvalue weighted by atomic mass is 19.1. The van der Waals surface area contributed by atoms with Crippen LogP contribution in [0, 0.1) is 12.7 Å². The summed E-state index contributed by atoms with van der Waals surface area (Å²) in [5.74, 6) is -0.695. The molecule has 116 valence electrons. The average molecular weight is 310 g/mol. The molecule has 2 aromatic carbocycles. The van der Waals surface area contributed by atoms with Crippen LogP contribution in [-0.2, 0) is 11.3 Å². The first-order valence-corrected chi connectivity index (χ1v) is 7.18. The first kappa shape index (κ1) is 15.0.